The van der Waals surface area contributed by atoms with Crippen molar-refractivity contribution >= 4 is 45.9 Å². The van der Waals surface area contributed by atoms with Gasteiger partial charge in [0.25, 0.3) is 0 Å². The SMILES string of the molecule is O=C(Cc1coc2cc3c(cc12)CCC3)Nc1ccc2c(c1)NC(=O)CS2. The molecule has 0 radical (unpaired) electrons. The van der Waals surface area contributed by atoms with Crippen LogP contribution in [0.15, 0.2) is 45.9 Å². The van der Waals surface area contributed by atoms with E-state index in [2.05, 4.69) is 22.8 Å². The van der Waals surface area contributed by atoms with Gasteiger partial charge in [0.15, 0.2) is 0 Å². The Balaban J connectivity index is 1.35. The number of aryl methyl sites for hydroxylation is 2. The van der Waals surface area contributed by atoms with Gasteiger partial charge in [0.05, 0.1) is 24.1 Å². The summed E-state index contributed by atoms with van der Waals surface area (Å²) in [7, 11) is 0. The first-order valence-electron chi connectivity index (χ1n) is 9.04. The number of fused-ring (bicyclic) bond motifs is 3. The Labute approximate surface area is 160 Å². The molecule has 27 heavy (non-hydrogen) atoms. The normalized spacial score (nSPS) is 15.3. The molecule has 5 nitrogen and oxygen atoms in total. The summed E-state index contributed by atoms with van der Waals surface area (Å²) in [4.78, 5) is 25.1. The van der Waals surface area contributed by atoms with E-state index in [9.17, 15) is 9.59 Å². The largest absolute Gasteiger partial charge is 0.464 e. The van der Waals surface area contributed by atoms with Gasteiger partial charge in [0.2, 0.25) is 11.8 Å². The fourth-order valence-corrected chi connectivity index (χ4v) is 4.61. The number of nitrogens with one attached hydrogen (secondary N) is 2. The maximum Gasteiger partial charge on any atom is 0.234 e. The number of thioether (sulfide) groups is 1. The molecular weight excluding hydrogens is 360 g/mol. The second-order valence-corrected chi connectivity index (χ2v) is 8.02. The summed E-state index contributed by atoms with van der Waals surface area (Å²) in [5, 5.41) is 6.79. The first kappa shape index (κ1) is 16.4. The first-order chi connectivity index (χ1) is 13.2. The lowest BCUT2D eigenvalue weighted by molar-refractivity contribution is -0.115. The van der Waals surface area contributed by atoms with Crippen molar-refractivity contribution in [1.82, 2.24) is 0 Å². The van der Waals surface area contributed by atoms with E-state index in [0.29, 0.717) is 11.4 Å². The molecule has 5 rings (SSSR count). The number of amides is 2. The zero-order valence-electron chi connectivity index (χ0n) is 14.6. The molecule has 3 aromatic rings. The highest BCUT2D eigenvalue weighted by Crippen LogP contribution is 2.34. The fraction of sp³-hybridized carbons (Fsp3) is 0.238. The molecule has 0 spiro atoms. The molecule has 0 unspecified atom stereocenters. The molecule has 0 saturated carbocycles. The van der Waals surface area contributed by atoms with Crippen LogP contribution in [0.3, 0.4) is 0 Å². The standard InChI is InChI=1S/C21H18N2O3S/c24-20(22-15-4-5-19-17(9-15)23-21(25)11-27-19)8-14-10-26-18-7-13-3-1-2-12(13)6-16(14)18/h4-7,9-10H,1-3,8,11H2,(H,22,24)(H,23,25). The van der Waals surface area contributed by atoms with Crippen molar-refractivity contribution in [1.29, 1.82) is 0 Å². The number of rotatable bonds is 3. The summed E-state index contributed by atoms with van der Waals surface area (Å²) in [5.41, 5.74) is 5.91. The molecule has 1 aliphatic heterocycles. The topological polar surface area (TPSA) is 71.3 Å². The van der Waals surface area contributed by atoms with Crippen LogP contribution in [0.5, 0.6) is 0 Å². The van der Waals surface area contributed by atoms with Crippen LogP contribution in [0, 0.1) is 0 Å². The van der Waals surface area contributed by atoms with Crippen molar-refractivity contribution < 1.29 is 14.0 Å². The van der Waals surface area contributed by atoms with E-state index in [4.69, 9.17) is 4.42 Å². The lowest BCUT2D eigenvalue weighted by atomic mass is 10.0. The lowest BCUT2D eigenvalue weighted by Gasteiger charge is -2.17. The van der Waals surface area contributed by atoms with Gasteiger partial charge in [-0.05, 0) is 60.7 Å². The van der Waals surface area contributed by atoms with Gasteiger partial charge in [-0.15, -0.1) is 11.8 Å². The van der Waals surface area contributed by atoms with Crippen molar-refractivity contribution in [3.05, 3.63) is 53.3 Å². The summed E-state index contributed by atoms with van der Waals surface area (Å²) < 4.78 is 5.68. The van der Waals surface area contributed by atoms with Gasteiger partial charge in [0, 0.05) is 21.5 Å². The number of furan rings is 1. The van der Waals surface area contributed by atoms with Crippen LogP contribution >= 0.6 is 11.8 Å². The Morgan fingerprint density at radius 1 is 1.19 bits per heavy atom. The van der Waals surface area contributed by atoms with E-state index in [1.165, 1.54) is 29.3 Å². The zero-order chi connectivity index (χ0) is 18.4. The minimum Gasteiger partial charge on any atom is -0.464 e. The van der Waals surface area contributed by atoms with Crippen molar-refractivity contribution in [2.75, 3.05) is 16.4 Å². The molecule has 0 saturated heterocycles. The monoisotopic (exact) mass is 378 g/mol. The molecule has 1 aliphatic carbocycles. The van der Waals surface area contributed by atoms with Gasteiger partial charge in [-0.1, -0.05) is 0 Å². The highest BCUT2D eigenvalue weighted by Gasteiger charge is 2.18. The molecule has 2 heterocycles. The van der Waals surface area contributed by atoms with E-state index in [1.807, 2.05) is 12.1 Å². The Kier molecular flexibility index (Phi) is 3.93. The Hall–Kier alpha value is -2.73. The average Bonchev–Trinajstić information content (AvgIpc) is 3.26. The number of carbonyl (C=O) groups is 2. The average molecular weight is 378 g/mol. The molecule has 136 valence electrons. The Bertz CT molecular complexity index is 1090. The van der Waals surface area contributed by atoms with Gasteiger partial charge >= 0.3 is 0 Å². The third kappa shape index (κ3) is 3.10. The van der Waals surface area contributed by atoms with Crippen LogP contribution in [0.2, 0.25) is 0 Å². The van der Waals surface area contributed by atoms with Crippen LogP contribution in [-0.4, -0.2) is 17.6 Å². The van der Waals surface area contributed by atoms with Gasteiger partial charge in [-0.2, -0.15) is 0 Å². The number of hydrogen-bond acceptors (Lipinski definition) is 4. The van der Waals surface area contributed by atoms with E-state index in [-0.39, 0.29) is 18.2 Å². The smallest absolute Gasteiger partial charge is 0.234 e. The number of anilines is 2. The lowest BCUT2D eigenvalue weighted by Crippen LogP contribution is -2.19. The van der Waals surface area contributed by atoms with Crippen molar-refractivity contribution in [2.24, 2.45) is 0 Å². The highest BCUT2D eigenvalue weighted by molar-refractivity contribution is 8.00. The minimum atomic E-state index is -0.104. The molecule has 2 aromatic carbocycles. The molecular formula is C21H18N2O3S. The molecule has 2 N–H and O–H groups in total. The fourth-order valence-electron chi connectivity index (χ4n) is 3.82. The maximum absolute atomic E-state index is 12.5. The second kappa shape index (κ2) is 6.46. The van der Waals surface area contributed by atoms with Gasteiger partial charge in [-0.25, -0.2) is 0 Å². The Morgan fingerprint density at radius 2 is 2.04 bits per heavy atom. The summed E-state index contributed by atoms with van der Waals surface area (Å²) in [6.07, 6.45) is 5.33. The van der Waals surface area contributed by atoms with Crippen LogP contribution in [0.4, 0.5) is 11.4 Å². The van der Waals surface area contributed by atoms with Crippen LogP contribution < -0.4 is 10.6 Å². The summed E-state index contributed by atoms with van der Waals surface area (Å²) in [5.74, 6) is 0.303. The quantitative estimate of drug-likeness (QED) is 0.718. The Morgan fingerprint density at radius 3 is 2.93 bits per heavy atom. The predicted octanol–water partition coefficient (Wildman–Crippen LogP) is 4.15. The number of carbonyl (C=O) groups excluding carboxylic acids is 2. The van der Waals surface area contributed by atoms with E-state index in [1.54, 1.807) is 12.3 Å². The maximum atomic E-state index is 12.5. The van der Waals surface area contributed by atoms with Crippen LogP contribution in [0.25, 0.3) is 11.0 Å². The number of hydrogen-bond donors (Lipinski definition) is 2. The molecule has 2 amide bonds. The number of benzene rings is 2. The molecule has 0 atom stereocenters. The van der Waals surface area contributed by atoms with Crippen molar-refractivity contribution in [3.63, 3.8) is 0 Å². The van der Waals surface area contributed by atoms with Crippen LogP contribution in [0.1, 0.15) is 23.1 Å². The molecule has 6 heteroatoms. The molecule has 1 aromatic heterocycles. The third-order valence-electron chi connectivity index (χ3n) is 5.12. The summed E-state index contributed by atoms with van der Waals surface area (Å²) in [6.45, 7) is 0. The van der Waals surface area contributed by atoms with Gasteiger partial charge < -0.3 is 15.1 Å². The van der Waals surface area contributed by atoms with E-state index >= 15 is 0 Å². The van der Waals surface area contributed by atoms with Crippen molar-refractivity contribution in [2.45, 2.75) is 30.6 Å². The third-order valence-corrected chi connectivity index (χ3v) is 6.19. The van der Waals surface area contributed by atoms with Crippen molar-refractivity contribution in [3.8, 4) is 0 Å². The summed E-state index contributed by atoms with van der Waals surface area (Å²) >= 11 is 1.50. The van der Waals surface area contributed by atoms with E-state index in [0.717, 1.165) is 40.0 Å². The summed E-state index contributed by atoms with van der Waals surface area (Å²) in [6, 6.07) is 9.88. The van der Waals surface area contributed by atoms with Gasteiger partial charge in [0.1, 0.15) is 5.58 Å². The minimum absolute atomic E-state index is 0.0200. The zero-order valence-corrected chi connectivity index (χ0v) is 15.4. The van der Waals surface area contributed by atoms with Gasteiger partial charge in [-0.3, -0.25) is 9.59 Å². The highest BCUT2D eigenvalue weighted by atomic mass is 32.2. The predicted molar refractivity (Wildman–Crippen MR) is 106 cm³/mol. The van der Waals surface area contributed by atoms with E-state index < -0.39 is 0 Å². The first-order valence-corrected chi connectivity index (χ1v) is 10.0. The second-order valence-electron chi connectivity index (χ2n) is 7.00. The molecule has 0 fully saturated rings. The molecule has 2 aliphatic rings. The van der Waals surface area contributed by atoms with Crippen LogP contribution in [-0.2, 0) is 28.9 Å². The molecule has 0 bridgehead atoms.